The zero-order valence-corrected chi connectivity index (χ0v) is 16.5. The monoisotopic (exact) mass is 430 g/mol. The number of ether oxygens (including phenoxy) is 1. The van der Waals surface area contributed by atoms with E-state index in [2.05, 4.69) is 5.32 Å². The molecular formula is C21H19ClN2O6. The molecule has 8 nitrogen and oxygen atoms in total. The fraction of sp³-hybridized carbons (Fsp3) is 0.286. The maximum absolute atomic E-state index is 12.5. The van der Waals surface area contributed by atoms with Crippen molar-refractivity contribution in [3.8, 4) is 0 Å². The van der Waals surface area contributed by atoms with Crippen molar-refractivity contribution in [3.05, 3.63) is 70.2 Å². The summed E-state index contributed by atoms with van der Waals surface area (Å²) < 4.78 is 5.46. The van der Waals surface area contributed by atoms with E-state index in [4.69, 9.17) is 16.3 Å². The molecule has 0 aromatic heterocycles. The fourth-order valence-corrected chi connectivity index (χ4v) is 3.90. The van der Waals surface area contributed by atoms with Crippen LogP contribution in [0.2, 0.25) is 5.02 Å². The van der Waals surface area contributed by atoms with Crippen LogP contribution in [-0.4, -0.2) is 70.3 Å². The number of carbonyl (C=O) groups excluding carboxylic acids is 3. The molecule has 4 rings (SSSR count). The van der Waals surface area contributed by atoms with E-state index in [0.29, 0.717) is 0 Å². The van der Waals surface area contributed by atoms with E-state index in [1.54, 1.807) is 36.4 Å². The average Bonchev–Trinajstić information content (AvgIpc) is 3.16. The van der Waals surface area contributed by atoms with E-state index < -0.39 is 42.1 Å². The van der Waals surface area contributed by atoms with Gasteiger partial charge in [0.25, 0.3) is 17.7 Å². The van der Waals surface area contributed by atoms with E-state index in [-0.39, 0.29) is 34.9 Å². The zero-order valence-electron chi connectivity index (χ0n) is 15.7. The number of aliphatic hydroxyl groups is 2. The Balaban J connectivity index is 1.41. The van der Waals surface area contributed by atoms with Crippen molar-refractivity contribution in [2.75, 3.05) is 19.7 Å². The molecule has 3 amide bonds. The summed E-state index contributed by atoms with van der Waals surface area (Å²) in [6.45, 7) is -0.806. The van der Waals surface area contributed by atoms with E-state index in [1.165, 1.54) is 12.1 Å². The van der Waals surface area contributed by atoms with Gasteiger partial charge >= 0.3 is 0 Å². The minimum absolute atomic E-state index is 0.0876. The Morgan fingerprint density at radius 2 is 1.73 bits per heavy atom. The van der Waals surface area contributed by atoms with Gasteiger partial charge in [-0.2, -0.15) is 0 Å². The summed E-state index contributed by atoms with van der Waals surface area (Å²) in [7, 11) is 0. The van der Waals surface area contributed by atoms with Crippen molar-refractivity contribution in [1.82, 2.24) is 10.2 Å². The van der Waals surface area contributed by atoms with Crippen molar-refractivity contribution in [1.29, 1.82) is 0 Å². The first-order valence-electron chi connectivity index (χ1n) is 9.32. The summed E-state index contributed by atoms with van der Waals surface area (Å²) in [5, 5.41) is 24.4. The lowest BCUT2D eigenvalue weighted by Gasteiger charge is -2.30. The predicted octanol–water partition coefficient (Wildman–Crippen LogP) is 0.857. The number of hydrogen-bond acceptors (Lipinski definition) is 6. The molecule has 3 atom stereocenters. The number of halogens is 1. The van der Waals surface area contributed by atoms with E-state index >= 15 is 0 Å². The molecular weight excluding hydrogens is 412 g/mol. The molecule has 30 heavy (non-hydrogen) atoms. The van der Waals surface area contributed by atoms with Crippen molar-refractivity contribution >= 4 is 29.3 Å². The first-order valence-corrected chi connectivity index (χ1v) is 9.69. The summed E-state index contributed by atoms with van der Waals surface area (Å²) in [5.41, 5.74) is -1.08. The van der Waals surface area contributed by atoms with Crippen LogP contribution in [0, 0.1) is 0 Å². The molecule has 2 aromatic carbocycles. The van der Waals surface area contributed by atoms with Crippen molar-refractivity contribution in [3.63, 3.8) is 0 Å². The Labute approximate surface area is 177 Å². The van der Waals surface area contributed by atoms with Crippen molar-refractivity contribution in [2.24, 2.45) is 0 Å². The van der Waals surface area contributed by atoms with Gasteiger partial charge in [-0.3, -0.25) is 19.3 Å². The molecule has 2 aromatic rings. The molecule has 2 aliphatic rings. The van der Waals surface area contributed by atoms with Gasteiger partial charge in [0.15, 0.2) is 0 Å². The molecule has 0 spiro atoms. The Hall–Kier alpha value is -2.78. The predicted molar refractivity (Wildman–Crippen MR) is 106 cm³/mol. The van der Waals surface area contributed by atoms with Crippen LogP contribution in [-0.2, 0) is 4.74 Å². The standard InChI is InChI=1S/C21H19ClN2O6/c22-15-8-4-3-7-14(15)18(26)23-9-16-17(25)21(29,11-30-16)10-24-19(27)12-5-1-2-6-13(12)20(24)28/h1-8,16-17,25,29H,9-11H2,(H,23,26)/t16-,17-,21+/m1/s1. The number of fused-ring (bicyclic) bond motifs is 1. The molecule has 156 valence electrons. The summed E-state index contributed by atoms with van der Waals surface area (Å²) in [5.74, 6) is -1.52. The molecule has 0 unspecified atom stereocenters. The van der Waals surface area contributed by atoms with Gasteiger partial charge in [0, 0.05) is 6.54 Å². The number of amides is 3. The molecule has 9 heteroatoms. The highest BCUT2D eigenvalue weighted by atomic mass is 35.5. The van der Waals surface area contributed by atoms with Crippen LogP contribution in [0.4, 0.5) is 0 Å². The first-order chi connectivity index (χ1) is 14.3. The molecule has 1 fully saturated rings. The van der Waals surface area contributed by atoms with E-state index in [9.17, 15) is 24.6 Å². The molecule has 0 radical (unpaired) electrons. The number of aliphatic hydroxyl groups excluding tert-OH is 1. The lowest BCUT2D eigenvalue weighted by atomic mass is 9.95. The smallest absolute Gasteiger partial charge is 0.261 e. The molecule has 3 N–H and O–H groups in total. The maximum Gasteiger partial charge on any atom is 0.261 e. The van der Waals surface area contributed by atoms with Crippen molar-refractivity contribution in [2.45, 2.75) is 17.8 Å². The number of benzene rings is 2. The van der Waals surface area contributed by atoms with Gasteiger partial charge < -0.3 is 20.3 Å². The Kier molecular flexibility index (Phi) is 5.33. The second kappa shape index (κ2) is 7.81. The average molecular weight is 431 g/mol. The third-order valence-electron chi connectivity index (χ3n) is 5.34. The lowest BCUT2D eigenvalue weighted by molar-refractivity contribution is -0.0601. The number of nitrogens with zero attached hydrogens (tertiary/aromatic N) is 1. The molecule has 0 aliphatic carbocycles. The summed E-state index contributed by atoms with van der Waals surface area (Å²) in [4.78, 5) is 38.3. The highest BCUT2D eigenvalue weighted by Gasteiger charge is 2.51. The summed E-state index contributed by atoms with van der Waals surface area (Å²) in [6.07, 6.45) is -2.34. The quantitative estimate of drug-likeness (QED) is 0.606. The minimum atomic E-state index is -1.85. The van der Waals surface area contributed by atoms with Crippen LogP contribution >= 0.6 is 11.6 Å². The highest BCUT2D eigenvalue weighted by molar-refractivity contribution is 6.33. The van der Waals surface area contributed by atoms with E-state index in [1.807, 2.05) is 0 Å². The van der Waals surface area contributed by atoms with Crippen LogP contribution in [0.15, 0.2) is 48.5 Å². The number of β-amino-alcohol motifs (C(OH)–C–C–N with tert-alkyl or cyclic N) is 1. The number of carbonyl (C=O) groups is 3. The van der Waals surface area contributed by atoms with Gasteiger partial charge in [-0.15, -0.1) is 0 Å². The number of nitrogens with one attached hydrogen (secondary N) is 1. The van der Waals surface area contributed by atoms with Gasteiger partial charge in [-0.05, 0) is 24.3 Å². The highest BCUT2D eigenvalue weighted by Crippen LogP contribution is 2.30. The van der Waals surface area contributed by atoms with Crippen LogP contribution in [0.25, 0.3) is 0 Å². The Morgan fingerprint density at radius 1 is 1.13 bits per heavy atom. The van der Waals surface area contributed by atoms with Crippen LogP contribution in [0.1, 0.15) is 31.1 Å². The Morgan fingerprint density at radius 3 is 2.37 bits per heavy atom. The van der Waals surface area contributed by atoms with Crippen LogP contribution in [0.3, 0.4) is 0 Å². The third-order valence-corrected chi connectivity index (χ3v) is 5.67. The van der Waals surface area contributed by atoms with Crippen LogP contribution < -0.4 is 5.32 Å². The molecule has 1 saturated heterocycles. The molecule has 0 bridgehead atoms. The fourth-order valence-electron chi connectivity index (χ4n) is 3.67. The molecule has 0 saturated carbocycles. The summed E-state index contributed by atoms with van der Waals surface area (Å²) in [6, 6.07) is 12.9. The van der Waals surface area contributed by atoms with E-state index in [0.717, 1.165) is 4.90 Å². The summed E-state index contributed by atoms with van der Waals surface area (Å²) >= 11 is 6.00. The van der Waals surface area contributed by atoms with Gasteiger partial charge in [-0.25, -0.2) is 0 Å². The topological polar surface area (TPSA) is 116 Å². The second-order valence-electron chi connectivity index (χ2n) is 7.33. The molecule has 2 aliphatic heterocycles. The maximum atomic E-state index is 12.5. The van der Waals surface area contributed by atoms with Gasteiger partial charge in [0.1, 0.15) is 17.8 Å². The first kappa shape index (κ1) is 20.5. The van der Waals surface area contributed by atoms with Crippen molar-refractivity contribution < 1.29 is 29.3 Å². The minimum Gasteiger partial charge on any atom is -0.387 e. The van der Waals surface area contributed by atoms with Gasteiger partial charge in [0.05, 0.1) is 34.9 Å². The largest absolute Gasteiger partial charge is 0.387 e. The number of hydrogen-bond donors (Lipinski definition) is 3. The Bertz CT molecular complexity index is 993. The van der Waals surface area contributed by atoms with Crippen LogP contribution in [0.5, 0.6) is 0 Å². The zero-order chi connectivity index (χ0) is 21.5. The number of rotatable bonds is 5. The third kappa shape index (κ3) is 3.48. The number of imide groups is 1. The van der Waals surface area contributed by atoms with Gasteiger partial charge in [-0.1, -0.05) is 35.9 Å². The normalized spacial score (nSPS) is 25.5. The molecule has 2 heterocycles. The second-order valence-corrected chi connectivity index (χ2v) is 7.74. The van der Waals surface area contributed by atoms with Gasteiger partial charge in [0.2, 0.25) is 0 Å². The SMILES string of the molecule is O=C(NC[C@H]1OC[C@@](O)(CN2C(=O)c3ccccc3C2=O)[C@@H]1O)c1ccccc1Cl. The lowest BCUT2D eigenvalue weighted by Crippen LogP contribution is -2.54.